The first-order valence-electron chi connectivity index (χ1n) is 7.90. The largest absolute Gasteiger partial charge is 0.306 e. The lowest BCUT2D eigenvalue weighted by Crippen LogP contribution is -2.47. The summed E-state index contributed by atoms with van der Waals surface area (Å²) in [6.07, 6.45) is 8.51. The van der Waals surface area contributed by atoms with Gasteiger partial charge in [0.05, 0.1) is 0 Å². The summed E-state index contributed by atoms with van der Waals surface area (Å²) in [7, 11) is 4.35. The number of carbonyl (C=O) groups excluding carboxylic acids is 1. The Balaban J connectivity index is 1.88. The Morgan fingerprint density at radius 2 is 1.95 bits per heavy atom. The zero-order valence-corrected chi connectivity index (χ0v) is 12.9. The molecule has 0 radical (unpaired) electrons. The molecule has 0 bridgehead atoms. The zero-order chi connectivity index (χ0) is 13.9. The van der Waals surface area contributed by atoms with E-state index in [1.165, 1.54) is 32.0 Å². The van der Waals surface area contributed by atoms with Crippen LogP contribution in [0.15, 0.2) is 0 Å². The van der Waals surface area contributed by atoms with Crippen molar-refractivity contribution in [2.45, 2.75) is 51.5 Å². The van der Waals surface area contributed by atoms with Gasteiger partial charge in [0.25, 0.3) is 0 Å². The van der Waals surface area contributed by atoms with E-state index in [1.54, 1.807) is 0 Å². The molecule has 0 aromatic rings. The smallest absolute Gasteiger partial charge is 0.127 e. The van der Waals surface area contributed by atoms with Crippen molar-refractivity contribution in [1.82, 2.24) is 9.80 Å². The number of likely N-dealkylation sites (tertiary alicyclic amines) is 1. The van der Waals surface area contributed by atoms with Crippen LogP contribution in [0.1, 0.15) is 45.4 Å². The zero-order valence-electron chi connectivity index (χ0n) is 12.9. The van der Waals surface area contributed by atoms with Crippen LogP contribution in [0.3, 0.4) is 0 Å². The Morgan fingerprint density at radius 1 is 1.26 bits per heavy atom. The minimum atomic E-state index is -0.0391. The number of aldehydes is 1. The number of hydrogen-bond donors (Lipinski definition) is 0. The predicted molar refractivity (Wildman–Crippen MR) is 79.3 cm³/mol. The molecule has 0 N–H and O–H groups in total. The Hall–Kier alpha value is -0.410. The minimum Gasteiger partial charge on any atom is -0.306 e. The third-order valence-electron chi connectivity index (χ3n) is 5.20. The van der Waals surface area contributed by atoms with Gasteiger partial charge < -0.3 is 14.6 Å². The number of rotatable bonds is 4. The fourth-order valence-electron chi connectivity index (χ4n) is 4.03. The highest BCUT2D eigenvalue weighted by atomic mass is 16.1. The van der Waals surface area contributed by atoms with Crippen molar-refractivity contribution < 1.29 is 4.79 Å². The summed E-state index contributed by atoms with van der Waals surface area (Å²) >= 11 is 0. The maximum atomic E-state index is 11.6. The topological polar surface area (TPSA) is 23.6 Å². The van der Waals surface area contributed by atoms with Gasteiger partial charge in [0.15, 0.2) is 0 Å². The lowest BCUT2D eigenvalue weighted by Gasteiger charge is -2.42. The molecule has 2 rings (SSSR count). The molecule has 1 saturated heterocycles. The molecule has 1 aliphatic heterocycles. The molecular formula is C16H30N2O. The Labute approximate surface area is 118 Å². The molecule has 1 heterocycles. The van der Waals surface area contributed by atoms with E-state index in [2.05, 4.69) is 30.8 Å². The van der Waals surface area contributed by atoms with E-state index < -0.39 is 0 Å². The summed E-state index contributed by atoms with van der Waals surface area (Å²) in [5, 5.41) is 0. The maximum Gasteiger partial charge on any atom is 0.127 e. The first-order chi connectivity index (χ1) is 9.04. The third kappa shape index (κ3) is 3.79. The molecular weight excluding hydrogens is 236 g/mol. The van der Waals surface area contributed by atoms with Gasteiger partial charge in [0.1, 0.15) is 6.29 Å². The van der Waals surface area contributed by atoms with Crippen LogP contribution < -0.4 is 0 Å². The fraction of sp³-hybridized carbons (Fsp3) is 0.938. The molecule has 1 saturated carbocycles. The molecule has 0 spiro atoms. The van der Waals surface area contributed by atoms with Crippen molar-refractivity contribution >= 4 is 6.29 Å². The normalized spacial score (nSPS) is 34.6. The number of nitrogens with zero attached hydrogens (tertiary/aromatic N) is 2. The van der Waals surface area contributed by atoms with Crippen LogP contribution in [0.4, 0.5) is 0 Å². The standard InChI is InChI=1S/C16H30N2O/c1-14-5-4-8-16(11-14,13-19)12-18-9-6-15(7-10-18)17(2)3/h13-15H,4-12H2,1-3H3. The van der Waals surface area contributed by atoms with Crippen molar-refractivity contribution in [3.05, 3.63) is 0 Å². The van der Waals surface area contributed by atoms with Crippen molar-refractivity contribution in [2.75, 3.05) is 33.7 Å². The van der Waals surface area contributed by atoms with E-state index in [9.17, 15) is 4.79 Å². The lowest BCUT2D eigenvalue weighted by molar-refractivity contribution is -0.120. The van der Waals surface area contributed by atoms with Crippen LogP contribution >= 0.6 is 0 Å². The molecule has 3 heteroatoms. The van der Waals surface area contributed by atoms with Crippen molar-refractivity contribution in [3.8, 4) is 0 Å². The average molecular weight is 266 g/mol. The van der Waals surface area contributed by atoms with Crippen LogP contribution in [0, 0.1) is 11.3 Å². The Bertz CT molecular complexity index is 297. The maximum absolute atomic E-state index is 11.6. The molecule has 2 atom stereocenters. The molecule has 2 fully saturated rings. The van der Waals surface area contributed by atoms with E-state index >= 15 is 0 Å². The molecule has 110 valence electrons. The van der Waals surface area contributed by atoms with Crippen LogP contribution in [0.25, 0.3) is 0 Å². The molecule has 0 aromatic heterocycles. The van der Waals surface area contributed by atoms with Crippen LogP contribution in [0.2, 0.25) is 0 Å². The summed E-state index contributed by atoms with van der Waals surface area (Å²) in [4.78, 5) is 16.5. The predicted octanol–water partition coefficient (Wildman–Crippen LogP) is 2.41. The van der Waals surface area contributed by atoms with Gasteiger partial charge >= 0.3 is 0 Å². The summed E-state index contributed by atoms with van der Waals surface area (Å²) in [5.74, 6) is 0.721. The van der Waals surface area contributed by atoms with E-state index in [-0.39, 0.29) is 5.41 Å². The third-order valence-corrected chi connectivity index (χ3v) is 5.20. The number of piperidine rings is 1. The summed E-state index contributed by atoms with van der Waals surface area (Å²) in [5.41, 5.74) is -0.0391. The number of hydrogen-bond acceptors (Lipinski definition) is 3. The van der Waals surface area contributed by atoms with E-state index in [4.69, 9.17) is 0 Å². The average Bonchev–Trinajstić information content (AvgIpc) is 2.39. The second kappa shape index (κ2) is 6.36. The quantitative estimate of drug-likeness (QED) is 0.730. The Kier molecular flexibility index (Phi) is 5.02. The molecule has 0 aromatic carbocycles. The molecule has 3 nitrogen and oxygen atoms in total. The lowest BCUT2D eigenvalue weighted by atomic mass is 9.70. The van der Waals surface area contributed by atoms with Crippen molar-refractivity contribution in [1.29, 1.82) is 0 Å². The first-order valence-corrected chi connectivity index (χ1v) is 7.90. The minimum absolute atomic E-state index is 0.0391. The van der Waals surface area contributed by atoms with E-state index in [1.807, 2.05) is 0 Å². The van der Waals surface area contributed by atoms with Gasteiger partial charge in [0, 0.05) is 18.0 Å². The molecule has 2 aliphatic rings. The summed E-state index contributed by atoms with van der Waals surface area (Å²) < 4.78 is 0. The van der Waals surface area contributed by atoms with Gasteiger partial charge in [-0.1, -0.05) is 19.8 Å². The van der Waals surface area contributed by atoms with Gasteiger partial charge in [0.2, 0.25) is 0 Å². The number of carbonyl (C=O) groups is 1. The summed E-state index contributed by atoms with van der Waals surface area (Å²) in [6.45, 7) is 5.62. The molecule has 19 heavy (non-hydrogen) atoms. The van der Waals surface area contributed by atoms with E-state index in [0.29, 0.717) is 0 Å². The second-order valence-electron chi connectivity index (χ2n) is 7.15. The first kappa shape index (κ1) is 15.0. The second-order valence-corrected chi connectivity index (χ2v) is 7.15. The SMILES string of the molecule is CC1CCCC(C=O)(CN2CCC(N(C)C)CC2)C1. The molecule has 2 unspecified atom stereocenters. The van der Waals surface area contributed by atoms with Gasteiger partial charge in [-0.2, -0.15) is 0 Å². The molecule has 1 aliphatic carbocycles. The highest BCUT2D eigenvalue weighted by Crippen LogP contribution is 2.38. The Morgan fingerprint density at radius 3 is 2.47 bits per heavy atom. The monoisotopic (exact) mass is 266 g/mol. The van der Waals surface area contributed by atoms with Gasteiger partial charge in [-0.15, -0.1) is 0 Å². The molecule has 0 amide bonds. The summed E-state index contributed by atoms with van der Waals surface area (Å²) in [6, 6.07) is 0.730. The van der Waals surface area contributed by atoms with Gasteiger partial charge in [-0.3, -0.25) is 0 Å². The van der Waals surface area contributed by atoms with Crippen LogP contribution in [0.5, 0.6) is 0 Å². The van der Waals surface area contributed by atoms with E-state index in [0.717, 1.165) is 44.4 Å². The van der Waals surface area contributed by atoms with Crippen molar-refractivity contribution in [3.63, 3.8) is 0 Å². The van der Waals surface area contributed by atoms with Crippen LogP contribution in [-0.2, 0) is 4.79 Å². The van der Waals surface area contributed by atoms with Gasteiger partial charge in [-0.05, 0) is 58.8 Å². The van der Waals surface area contributed by atoms with Crippen molar-refractivity contribution in [2.24, 2.45) is 11.3 Å². The highest BCUT2D eigenvalue weighted by Gasteiger charge is 2.37. The van der Waals surface area contributed by atoms with Gasteiger partial charge in [-0.25, -0.2) is 0 Å². The highest BCUT2D eigenvalue weighted by molar-refractivity contribution is 5.60. The van der Waals surface area contributed by atoms with Crippen LogP contribution in [-0.4, -0.2) is 55.9 Å². The fourth-order valence-corrected chi connectivity index (χ4v) is 4.03.